The Morgan fingerprint density at radius 2 is 1.86 bits per heavy atom. The van der Waals surface area contributed by atoms with Crippen LogP contribution in [0.1, 0.15) is 6.92 Å². The molecular formula is C11H20B2F2O11P2. The highest BCUT2D eigenvalue weighted by Crippen LogP contribution is 2.48. The molecule has 1 rings (SSSR count). The highest BCUT2D eigenvalue weighted by Gasteiger charge is 2.47. The number of hydrogen-bond acceptors (Lipinski definition) is 8. The van der Waals surface area contributed by atoms with Crippen molar-refractivity contribution < 1.29 is 60.7 Å². The van der Waals surface area contributed by atoms with Gasteiger partial charge in [-0.2, -0.15) is 0 Å². The summed E-state index contributed by atoms with van der Waals surface area (Å²) in [6.45, 7) is -1.92. The molecule has 17 heteroatoms. The van der Waals surface area contributed by atoms with Gasteiger partial charge in [-0.1, -0.05) is 0 Å². The average molecular weight is 450 g/mol. The lowest BCUT2D eigenvalue weighted by atomic mass is 9.94. The van der Waals surface area contributed by atoms with Crippen molar-refractivity contribution in [2.45, 2.75) is 49.5 Å². The summed E-state index contributed by atoms with van der Waals surface area (Å²) in [5, 5.41) is 9.09. The van der Waals surface area contributed by atoms with Gasteiger partial charge in [0, 0.05) is 6.00 Å². The fraction of sp³-hybridized carbons (Fsp3) is 1.00. The molecule has 0 bridgehead atoms. The third kappa shape index (κ3) is 8.45. The third-order valence-corrected chi connectivity index (χ3v) is 4.92. The molecule has 0 saturated carbocycles. The molecule has 0 spiro atoms. The van der Waals surface area contributed by atoms with E-state index >= 15 is 0 Å². The Bertz CT molecular complexity index is 583. The van der Waals surface area contributed by atoms with Gasteiger partial charge in [-0.25, -0.2) is 17.9 Å². The Hall–Kier alpha value is 0.0899. The molecule has 0 aliphatic carbocycles. The highest BCUT2D eigenvalue weighted by atomic mass is 31.2. The smallest absolute Gasteiger partial charge is 0.394 e. The van der Waals surface area contributed by atoms with E-state index in [9.17, 15) is 22.8 Å². The summed E-state index contributed by atoms with van der Waals surface area (Å²) in [6.07, 6.45) is -8.70. The second-order valence-electron chi connectivity index (χ2n) is 5.77. The van der Waals surface area contributed by atoms with E-state index in [2.05, 4.69) is 13.6 Å². The summed E-state index contributed by atoms with van der Waals surface area (Å²) < 4.78 is 73.2. The van der Waals surface area contributed by atoms with E-state index in [0.717, 1.165) is 0 Å². The summed E-state index contributed by atoms with van der Waals surface area (Å²) >= 11 is 0. The number of rotatable bonds is 12. The van der Waals surface area contributed by atoms with Crippen LogP contribution in [-0.4, -0.2) is 98.0 Å². The molecule has 0 amide bonds. The molecule has 4 N–H and O–H groups in total. The molecular weight excluding hydrogens is 430 g/mol. The van der Waals surface area contributed by atoms with Crippen molar-refractivity contribution in [2.75, 3.05) is 19.9 Å². The fourth-order valence-electron chi connectivity index (χ4n) is 2.25. The first-order valence-electron chi connectivity index (χ1n) is 7.82. The van der Waals surface area contributed by atoms with E-state index in [0.29, 0.717) is 0 Å². The first-order valence-corrected chi connectivity index (χ1v) is 10.8. The Kier molecular flexibility index (Phi) is 10.2. The number of alkyl halides is 2. The molecule has 160 valence electrons. The normalized spacial score (nSPS) is 31.2. The van der Waals surface area contributed by atoms with Crippen molar-refractivity contribution in [2.24, 2.45) is 0 Å². The maximum atomic E-state index is 13.9. The minimum Gasteiger partial charge on any atom is -0.394 e. The van der Waals surface area contributed by atoms with Crippen molar-refractivity contribution in [3.05, 3.63) is 0 Å². The zero-order chi connectivity index (χ0) is 21.7. The maximum Gasteiger partial charge on any atom is 0.472 e. The van der Waals surface area contributed by atoms with Gasteiger partial charge < -0.3 is 29.3 Å². The van der Waals surface area contributed by atoms with E-state index in [-0.39, 0.29) is 0 Å². The number of aliphatic hydroxyl groups is 1. The number of aliphatic hydroxyl groups excluding tert-OH is 1. The molecule has 0 aromatic carbocycles. The molecule has 11 nitrogen and oxygen atoms in total. The van der Waals surface area contributed by atoms with Gasteiger partial charge in [0.05, 0.1) is 19.2 Å². The summed E-state index contributed by atoms with van der Waals surface area (Å²) in [7, 11) is 0.478. The number of phosphoric acid groups is 2. The van der Waals surface area contributed by atoms with Crippen LogP contribution in [0, 0.1) is 0 Å². The quantitative estimate of drug-likeness (QED) is 0.215. The first-order chi connectivity index (χ1) is 12.8. The Morgan fingerprint density at radius 1 is 1.25 bits per heavy atom. The van der Waals surface area contributed by atoms with Gasteiger partial charge in [0.1, 0.15) is 53.0 Å². The van der Waals surface area contributed by atoms with Gasteiger partial charge >= 0.3 is 15.6 Å². The molecule has 0 aromatic heterocycles. The average Bonchev–Trinajstić information content (AvgIpc) is 2.82. The van der Waals surface area contributed by atoms with E-state index < -0.39 is 78.1 Å². The van der Waals surface area contributed by atoms with Crippen LogP contribution in [0.2, 0.25) is 0 Å². The number of phosphoric ester groups is 2. The van der Waals surface area contributed by atoms with Gasteiger partial charge in [-0.3, -0.25) is 13.6 Å². The lowest BCUT2D eigenvalue weighted by Crippen LogP contribution is -2.39. The molecule has 8 atom stereocenters. The molecule has 1 saturated heterocycles. The minimum absolute atomic E-state index is 0.769. The molecule has 4 radical (unpaired) electrons. The minimum atomic E-state index is -5.14. The Morgan fingerprint density at radius 3 is 2.32 bits per heavy atom. The lowest BCUT2D eigenvalue weighted by Gasteiger charge is -2.28. The number of hydrogen-bond donors (Lipinski definition) is 4. The van der Waals surface area contributed by atoms with Crippen LogP contribution in [0.15, 0.2) is 0 Å². The maximum absolute atomic E-state index is 13.9. The van der Waals surface area contributed by atoms with Crippen molar-refractivity contribution >= 4 is 31.3 Å². The summed E-state index contributed by atoms with van der Waals surface area (Å²) in [5.41, 5.74) is 0. The first kappa shape index (κ1) is 26.1. The van der Waals surface area contributed by atoms with Crippen LogP contribution in [0.4, 0.5) is 8.78 Å². The second-order valence-corrected chi connectivity index (χ2v) is 8.37. The van der Waals surface area contributed by atoms with E-state index in [1.807, 2.05) is 0 Å². The van der Waals surface area contributed by atoms with Crippen LogP contribution < -0.4 is 0 Å². The Balaban J connectivity index is 2.81. The molecule has 1 aliphatic heterocycles. The van der Waals surface area contributed by atoms with Gasteiger partial charge in [-0.05, 0) is 6.92 Å². The van der Waals surface area contributed by atoms with Crippen LogP contribution >= 0.6 is 15.6 Å². The summed E-state index contributed by atoms with van der Waals surface area (Å²) in [4.78, 5) is 27.4. The van der Waals surface area contributed by atoms with Crippen molar-refractivity contribution in [1.82, 2.24) is 0 Å². The predicted octanol–water partition coefficient (Wildman–Crippen LogP) is -0.941. The SMILES string of the molecule is [B][C@@H]1OC(CO)[C@H](OP(=O)(O)OCC(O[C@@H]([B])C)C(CF)OP(=O)(O)O)C1F. The molecule has 5 unspecified atom stereocenters. The molecule has 0 aromatic rings. The van der Waals surface area contributed by atoms with Crippen molar-refractivity contribution in [3.8, 4) is 0 Å². The van der Waals surface area contributed by atoms with Crippen LogP contribution in [-0.2, 0) is 32.2 Å². The zero-order valence-corrected chi connectivity index (χ0v) is 16.4. The molecule has 1 fully saturated rings. The lowest BCUT2D eigenvalue weighted by molar-refractivity contribution is -0.0772. The largest absolute Gasteiger partial charge is 0.472 e. The molecule has 1 aliphatic rings. The predicted molar refractivity (Wildman–Crippen MR) is 90.0 cm³/mol. The van der Waals surface area contributed by atoms with E-state index in [1.165, 1.54) is 6.92 Å². The zero-order valence-electron chi connectivity index (χ0n) is 14.6. The van der Waals surface area contributed by atoms with Gasteiger partial charge in [-0.15, -0.1) is 0 Å². The molecule has 28 heavy (non-hydrogen) atoms. The molecule has 1 heterocycles. The van der Waals surface area contributed by atoms with Crippen LogP contribution in [0.5, 0.6) is 0 Å². The Labute approximate surface area is 162 Å². The number of ether oxygens (including phenoxy) is 2. The van der Waals surface area contributed by atoms with E-state index in [4.69, 9.17) is 40.1 Å². The van der Waals surface area contributed by atoms with E-state index in [1.54, 1.807) is 0 Å². The van der Waals surface area contributed by atoms with Gasteiger partial charge in [0.15, 0.2) is 0 Å². The summed E-state index contributed by atoms with van der Waals surface area (Å²) in [5.74, 6) is 0. The standard InChI is InChI=1S/C11H20B2F2O11P2/c1-5(12)23-8(6(2-14)25-27(17,18)19)4-22-28(20,21)26-10-7(3-16)24-11(13)9(10)15/h5-11,16H,2-4H2,1H3,(H,20,21)(H2,17,18,19)/t5-,6?,7?,8?,9?,10+,11-/m1/s1. The van der Waals surface area contributed by atoms with Gasteiger partial charge in [0.25, 0.3) is 0 Å². The van der Waals surface area contributed by atoms with Crippen LogP contribution in [0.3, 0.4) is 0 Å². The van der Waals surface area contributed by atoms with Gasteiger partial charge in [0.2, 0.25) is 0 Å². The summed E-state index contributed by atoms with van der Waals surface area (Å²) in [6, 6.07) is -2.61. The van der Waals surface area contributed by atoms with Crippen molar-refractivity contribution in [1.29, 1.82) is 0 Å². The monoisotopic (exact) mass is 450 g/mol. The third-order valence-electron chi connectivity index (χ3n) is 3.39. The topological polar surface area (TPSA) is 161 Å². The number of halogens is 2. The fourth-order valence-corrected chi connectivity index (χ4v) is 3.75. The highest BCUT2D eigenvalue weighted by molar-refractivity contribution is 7.47. The van der Waals surface area contributed by atoms with Crippen molar-refractivity contribution in [3.63, 3.8) is 0 Å². The second kappa shape index (κ2) is 10.9. The van der Waals surface area contributed by atoms with Crippen LogP contribution in [0.25, 0.3) is 0 Å².